The summed E-state index contributed by atoms with van der Waals surface area (Å²) >= 11 is 0. The number of rotatable bonds is 4. The Kier molecular flexibility index (Phi) is 5.34. The first-order valence-electron chi connectivity index (χ1n) is 9.25. The van der Waals surface area contributed by atoms with Gasteiger partial charge >= 0.3 is 0 Å². The maximum atomic E-state index is 12.9. The molecule has 4 rings (SSSR count). The van der Waals surface area contributed by atoms with Crippen molar-refractivity contribution in [1.29, 1.82) is 0 Å². The highest BCUT2D eigenvalue weighted by Gasteiger charge is 2.26. The Morgan fingerprint density at radius 1 is 1.15 bits per heavy atom. The number of piperazine rings is 1. The molecule has 0 saturated carbocycles. The van der Waals surface area contributed by atoms with Crippen molar-refractivity contribution in [2.24, 2.45) is 0 Å². The highest BCUT2D eigenvalue weighted by atomic mass is 16.5. The molecule has 1 N–H and O–H groups in total. The quantitative estimate of drug-likeness (QED) is 0.908. The molecule has 0 aliphatic carbocycles. The molecule has 1 atom stereocenters. The van der Waals surface area contributed by atoms with Gasteiger partial charge < -0.3 is 19.4 Å². The monoisotopic (exact) mass is 355 g/mol. The van der Waals surface area contributed by atoms with E-state index < -0.39 is 0 Å². The Bertz CT molecular complexity index is 725. The fourth-order valence-corrected chi connectivity index (χ4v) is 3.58. The van der Waals surface area contributed by atoms with Crippen LogP contribution in [0.25, 0.3) is 0 Å². The highest BCUT2D eigenvalue weighted by Crippen LogP contribution is 2.20. The number of carbonyl (C=O) groups excluding carboxylic acids is 1. The Morgan fingerprint density at radius 2 is 1.96 bits per heavy atom. The molecule has 2 aromatic rings. The van der Waals surface area contributed by atoms with Crippen LogP contribution in [-0.2, 0) is 11.3 Å². The van der Waals surface area contributed by atoms with Crippen molar-refractivity contribution in [3.63, 3.8) is 0 Å². The Labute approximate surface area is 153 Å². The minimum absolute atomic E-state index is 0.0457. The van der Waals surface area contributed by atoms with Gasteiger partial charge in [-0.25, -0.2) is 0 Å². The number of morpholine rings is 1. The van der Waals surface area contributed by atoms with Gasteiger partial charge in [0.05, 0.1) is 25.3 Å². The largest absolute Gasteiger partial charge is 0.467 e. The zero-order valence-electron chi connectivity index (χ0n) is 14.9. The van der Waals surface area contributed by atoms with Crippen molar-refractivity contribution >= 4 is 5.91 Å². The molecule has 6 heteroatoms. The molecule has 2 saturated heterocycles. The number of nitrogens with one attached hydrogen (secondary N) is 1. The first-order chi connectivity index (χ1) is 12.8. The zero-order valence-corrected chi connectivity index (χ0v) is 14.9. The second-order valence-electron chi connectivity index (χ2n) is 6.86. The summed E-state index contributed by atoms with van der Waals surface area (Å²) in [5, 5.41) is 3.50. The molecule has 0 radical (unpaired) electrons. The molecule has 2 aliphatic rings. The number of carbonyl (C=O) groups is 1. The van der Waals surface area contributed by atoms with E-state index in [1.165, 1.54) is 5.56 Å². The number of hydrogen-bond donors (Lipinski definition) is 1. The molecular weight excluding hydrogens is 330 g/mol. The second kappa shape index (κ2) is 8.03. The SMILES string of the molecule is O=C(c1coc(CN2CCOCC2)c1)N1CCN[C@H](c2ccccc2)C1. The summed E-state index contributed by atoms with van der Waals surface area (Å²) in [4.78, 5) is 17.1. The second-order valence-corrected chi connectivity index (χ2v) is 6.86. The summed E-state index contributed by atoms with van der Waals surface area (Å²) in [7, 11) is 0. The minimum Gasteiger partial charge on any atom is -0.467 e. The van der Waals surface area contributed by atoms with Gasteiger partial charge in [-0.15, -0.1) is 0 Å². The normalized spacial score (nSPS) is 21.7. The predicted molar refractivity (Wildman–Crippen MR) is 97.9 cm³/mol. The highest BCUT2D eigenvalue weighted by molar-refractivity contribution is 5.94. The van der Waals surface area contributed by atoms with E-state index in [-0.39, 0.29) is 11.9 Å². The van der Waals surface area contributed by atoms with E-state index in [4.69, 9.17) is 9.15 Å². The summed E-state index contributed by atoms with van der Waals surface area (Å²) in [6.45, 7) is 6.23. The molecule has 1 aromatic heterocycles. The van der Waals surface area contributed by atoms with Crippen LogP contribution in [0.3, 0.4) is 0 Å². The van der Waals surface area contributed by atoms with Crippen molar-refractivity contribution in [2.45, 2.75) is 12.6 Å². The average Bonchev–Trinajstić information content (AvgIpc) is 3.17. The maximum absolute atomic E-state index is 12.9. The van der Waals surface area contributed by atoms with Gasteiger partial charge in [-0.05, 0) is 11.6 Å². The predicted octanol–water partition coefficient (Wildman–Crippen LogP) is 1.90. The topological polar surface area (TPSA) is 58.0 Å². The first kappa shape index (κ1) is 17.3. The summed E-state index contributed by atoms with van der Waals surface area (Å²) in [5.74, 6) is 0.884. The van der Waals surface area contributed by atoms with Gasteiger partial charge in [-0.3, -0.25) is 9.69 Å². The molecule has 2 fully saturated rings. The van der Waals surface area contributed by atoms with Crippen molar-refractivity contribution in [3.05, 3.63) is 59.5 Å². The van der Waals surface area contributed by atoms with Crippen LogP contribution in [0.2, 0.25) is 0 Å². The molecule has 0 unspecified atom stereocenters. The van der Waals surface area contributed by atoms with Gasteiger partial charge in [0.2, 0.25) is 0 Å². The van der Waals surface area contributed by atoms with Crippen molar-refractivity contribution in [1.82, 2.24) is 15.1 Å². The van der Waals surface area contributed by atoms with Gasteiger partial charge in [-0.2, -0.15) is 0 Å². The lowest BCUT2D eigenvalue weighted by Crippen LogP contribution is -2.48. The minimum atomic E-state index is 0.0457. The van der Waals surface area contributed by atoms with E-state index in [0.717, 1.165) is 45.2 Å². The average molecular weight is 355 g/mol. The molecule has 2 aliphatic heterocycles. The van der Waals surface area contributed by atoms with E-state index in [9.17, 15) is 4.79 Å². The van der Waals surface area contributed by atoms with E-state index in [1.54, 1.807) is 6.26 Å². The smallest absolute Gasteiger partial charge is 0.257 e. The molecule has 0 spiro atoms. The standard InChI is InChI=1S/C20H25N3O3/c24-20(17-12-18(26-15-17)13-22-8-10-25-11-9-22)23-7-6-21-19(14-23)16-4-2-1-3-5-16/h1-5,12,15,19,21H,6-11,13-14H2/t19-/m0/s1. The fraction of sp³-hybridized carbons (Fsp3) is 0.450. The molecule has 6 nitrogen and oxygen atoms in total. The molecule has 1 amide bonds. The Morgan fingerprint density at radius 3 is 2.77 bits per heavy atom. The third-order valence-corrected chi connectivity index (χ3v) is 5.05. The van der Waals surface area contributed by atoms with Crippen molar-refractivity contribution < 1.29 is 13.9 Å². The van der Waals surface area contributed by atoms with Crippen molar-refractivity contribution in [3.8, 4) is 0 Å². The van der Waals surface area contributed by atoms with Crippen LogP contribution in [0.4, 0.5) is 0 Å². The number of amides is 1. The molecule has 138 valence electrons. The van der Waals surface area contributed by atoms with Crippen LogP contribution in [0.5, 0.6) is 0 Å². The van der Waals surface area contributed by atoms with Gasteiger partial charge in [-0.1, -0.05) is 30.3 Å². The summed E-state index contributed by atoms with van der Waals surface area (Å²) in [6.07, 6.45) is 1.59. The molecule has 3 heterocycles. The molecule has 0 bridgehead atoms. The molecule has 26 heavy (non-hydrogen) atoms. The maximum Gasteiger partial charge on any atom is 0.257 e. The van der Waals surface area contributed by atoms with E-state index in [1.807, 2.05) is 29.2 Å². The van der Waals surface area contributed by atoms with Crippen LogP contribution in [0.1, 0.15) is 27.7 Å². The summed E-state index contributed by atoms with van der Waals surface area (Å²) in [5.41, 5.74) is 1.85. The van der Waals surface area contributed by atoms with Crippen LogP contribution >= 0.6 is 0 Å². The number of ether oxygens (including phenoxy) is 1. The van der Waals surface area contributed by atoms with Gasteiger partial charge in [0.1, 0.15) is 12.0 Å². The van der Waals surface area contributed by atoms with Crippen LogP contribution in [0.15, 0.2) is 47.1 Å². The third-order valence-electron chi connectivity index (χ3n) is 5.05. The van der Waals surface area contributed by atoms with E-state index in [0.29, 0.717) is 18.7 Å². The number of nitrogens with zero attached hydrogens (tertiary/aromatic N) is 2. The lowest BCUT2D eigenvalue weighted by atomic mass is 10.0. The van der Waals surface area contributed by atoms with E-state index in [2.05, 4.69) is 22.3 Å². The van der Waals surface area contributed by atoms with Gasteiger partial charge in [0.25, 0.3) is 5.91 Å². The Hall–Kier alpha value is -2.15. The van der Waals surface area contributed by atoms with Crippen LogP contribution in [-0.4, -0.2) is 61.6 Å². The Balaban J connectivity index is 1.39. The number of furan rings is 1. The lowest BCUT2D eigenvalue weighted by Gasteiger charge is -2.33. The van der Waals surface area contributed by atoms with Crippen LogP contribution in [0, 0.1) is 0 Å². The molecular formula is C20H25N3O3. The summed E-state index contributed by atoms with van der Waals surface area (Å²) < 4.78 is 11.0. The number of hydrogen-bond acceptors (Lipinski definition) is 5. The fourth-order valence-electron chi connectivity index (χ4n) is 3.58. The summed E-state index contributed by atoms with van der Waals surface area (Å²) in [6, 6.07) is 12.3. The van der Waals surface area contributed by atoms with Gasteiger partial charge in [0.15, 0.2) is 0 Å². The van der Waals surface area contributed by atoms with Crippen molar-refractivity contribution in [2.75, 3.05) is 45.9 Å². The van der Waals surface area contributed by atoms with Gasteiger partial charge in [0, 0.05) is 38.8 Å². The molecule has 1 aromatic carbocycles. The zero-order chi connectivity index (χ0) is 17.8. The van der Waals surface area contributed by atoms with E-state index >= 15 is 0 Å². The van der Waals surface area contributed by atoms with Crippen LogP contribution < -0.4 is 5.32 Å². The number of benzene rings is 1. The third kappa shape index (κ3) is 3.98. The lowest BCUT2D eigenvalue weighted by molar-refractivity contribution is 0.0313. The first-order valence-corrected chi connectivity index (χ1v) is 9.25.